The molecule has 0 saturated carbocycles. The molecule has 4 aromatic rings. The van der Waals surface area contributed by atoms with Crippen LogP contribution in [0.4, 0.5) is 5.69 Å². The van der Waals surface area contributed by atoms with Gasteiger partial charge in [0, 0.05) is 18.3 Å². The van der Waals surface area contributed by atoms with Crippen LogP contribution in [0.2, 0.25) is 0 Å². The van der Waals surface area contributed by atoms with E-state index in [1.165, 1.54) is 0 Å². The van der Waals surface area contributed by atoms with E-state index in [1.807, 2.05) is 13.8 Å². The van der Waals surface area contributed by atoms with E-state index in [4.69, 9.17) is 8.94 Å². The first-order valence-electron chi connectivity index (χ1n) is 8.38. The van der Waals surface area contributed by atoms with Crippen molar-refractivity contribution in [2.75, 3.05) is 5.32 Å². The van der Waals surface area contributed by atoms with E-state index >= 15 is 0 Å². The topological polar surface area (TPSA) is 94.1 Å². The number of aromatic nitrogens is 3. The van der Waals surface area contributed by atoms with Crippen LogP contribution in [0.15, 0.2) is 33.2 Å². The zero-order chi connectivity index (χ0) is 18.4. The van der Waals surface area contributed by atoms with E-state index in [-0.39, 0.29) is 11.8 Å². The summed E-state index contributed by atoms with van der Waals surface area (Å²) >= 11 is 0. The summed E-state index contributed by atoms with van der Waals surface area (Å²) in [5.41, 5.74) is 4.31. The van der Waals surface area contributed by atoms with Crippen LogP contribution in [0.1, 0.15) is 47.4 Å². The maximum Gasteiger partial charge on any atom is 0.259 e. The van der Waals surface area contributed by atoms with Crippen molar-refractivity contribution in [2.24, 2.45) is 0 Å². The van der Waals surface area contributed by atoms with Crippen molar-refractivity contribution in [3.8, 4) is 0 Å². The summed E-state index contributed by atoms with van der Waals surface area (Å²) in [7, 11) is 0. The van der Waals surface area contributed by atoms with E-state index in [2.05, 4.69) is 20.4 Å². The molecule has 0 aliphatic carbocycles. The van der Waals surface area contributed by atoms with Gasteiger partial charge in [0.25, 0.3) is 11.6 Å². The first-order valence-corrected chi connectivity index (χ1v) is 8.38. The Kier molecular flexibility index (Phi) is 3.72. The van der Waals surface area contributed by atoms with E-state index in [0.717, 1.165) is 5.69 Å². The van der Waals surface area contributed by atoms with E-state index in [9.17, 15) is 4.79 Å². The Balaban J connectivity index is 1.75. The molecule has 0 saturated heterocycles. The number of nitrogens with zero attached hydrogens (tertiary/aromatic N) is 3. The second kappa shape index (κ2) is 5.94. The number of carbonyl (C=O) groups is 1. The van der Waals surface area contributed by atoms with Gasteiger partial charge in [-0.25, -0.2) is 9.97 Å². The van der Waals surface area contributed by atoms with Gasteiger partial charge in [0.2, 0.25) is 0 Å². The molecule has 7 nitrogen and oxygen atoms in total. The minimum Gasteiger partial charge on any atom is -0.441 e. The maximum atomic E-state index is 12.9. The fourth-order valence-corrected chi connectivity index (χ4v) is 2.91. The van der Waals surface area contributed by atoms with Crippen molar-refractivity contribution in [2.45, 2.75) is 33.6 Å². The molecule has 1 amide bonds. The molecular weight excluding hydrogens is 332 g/mol. The van der Waals surface area contributed by atoms with Gasteiger partial charge in [-0.15, -0.1) is 0 Å². The molecule has 7 heteroatoms. The molecule has 1 N–H and O–H groups in total. The number of hydrogen-bond acceptors (Lipinski definition) is 6. The fourth-order valence-electron chi connectivity index (χ4n) is 2.91. The molecule has 1 aromatic carbocycles. The van der Waals surface area contributed by atoms with Crippen LogP contribution in [0.5, 0.6) is 0 Å². The standard InChI is InChI=1S/C19H18N4O3/c1-9(2)14-8-13(17-10(3)23-26-19(17)22-14)18(24)21-12-5-6-16-15(7-12)20-11(4)25-16/h5-9H,1-4H3,(H,21,24). The molecular formula is C19H18N4O3. The molecule has 0 aliphatic heterocycles. The minimum atomic E-state index is -0.245. The van der Waals surface area contributed by atoms with Crippen molar-refractivity contribution >= 4 is 33.8 Å². The van der Waals surface area contributed by atoms with Gasteiger partial charge in [0.1, 0.15) is 5.52 Å². The Labute approximate surface area is 149 Å². The van der Waals surface area contributed by atoms with Crippen LogP contribution < -0.4 is 5.32 Å². The number of oxazole rings is 1. The molecule has 0 aliphatic rings. The Morgan fingerprint density at radius 3 is 2.73 bits per heavy atom. The van der Waals surface area contributed by atoms with Gasteiger partial charge in [-0.3, -0.25) is 4.79 Å². The van der Waals surface area contributed by atoms with Gasteiger partial charge in [-0.1, -0.05) is 19.0 Å². The average molecular weight is 350 g/mol. The predicted molar refractivity (Wildman–Crippen MR) is 97.3 cm³/mol. The van der Waals surface area contributed by atoms with Crippen LogP contribution in [0.25, 0.3) is 22.2 Å². The lowest BCUT2D eigenvalue weighted by molar-refractivity contribution is 0.102. The highest BCUT2D eigenvalue weighted by molar-refractivity contribution is 6.12. The second-order valence-corrected chi connectivity index (χ2v) is 6.57. The molecule has 4 rings (SSSR count). The van der Waals surface area contributed by atoms with Gasteiger partial charge in [-0.05, 0) is 37.1 Å². The van der Waals surface area contributed by atoms with Crippen molar-refractivity contribution in [3.63, 3.8) is 0 Å². The Bertz CT molecular complexity index is 1140. The highest BCUT2D eigenvalue weighted by Crippen LogP contribution is 2.26. The quantitative estimate of drug-likeness (QED) is 0.590. The molecule has 26 heavy (non-hydrogen) atoms. The number of rotatable bonds is 3. The molecule has 3 aromatic heterocycles. The molecule has 0 radical (unpaired) electrons. The predicted octanol–water partition coefficient (Wildman–Crippen LogP) is 4.36. The summed E-state index contributed by atoms with van der Waals surface area (Å²) in [5, 5.41) is 7.50. The average Bonchev–Trinajstić information content (AvgIpc) is 3.15. The number of anilines is 1. The Morgan fingerprint density at radius 2 is 1.96 bits per heavy atom. The molecule has 0 spiro atoms. The second-order valence-electron chi connectivity index (χ2n) is 6.57. The van der Waals surface area contributed by atoms with Crippen LogP contribution in [-0.2, 0) is 0 Å². The fraction of sp³-hybridized carbons (Fsp3) is 0.263. The number of nitrogens with one attached hydrogen (secondary N) is 1. The van der Waals surface area contributed by atoms with Crippen LogP contribution in [0, 0.1) is 13.8 Å². The minimum absolute atomic E-state index is 0.158. The molecule has 132 valence electrons. The summed E-state index contributed by atoms with van der Waals surface area (Å²) in [6.07, 6.45) is 0. The number of fused-ring (bicyclic) bond motifs is 2. The third-order valence-corrected chi connectivity index (χ3v) is 4.23. The highest BCUT2D eigenvalue weighted by atomic mass is 16.5. The normalized spacial score (nSPS) is 11.6. The first kappa shape index (κ1) is 16.3. The highest BCUT2D eigenvalue weighted by Gasteiger charge is 2.20. The lowest BCUT2D eigenvalue weighted by Crippen LogP contribution is -2.13. The summed E-state index contributed by atoms with van der Waals surface area (Å²) < 4.78 is 10.7. The van der Waals surface area contributed by atoms with Crippen molar-refractivity contribution < 1.29 is 13.7 Å². The molecule has 0 fully saturated rings. The third kappa shape index (κ3) is 2.71. The Morgan fingerprint density at radius 1 is 1.15 bits per heavy atom. The van der Waals surface area contributed by atoms with Gasteiger partial charge < -0.3 is 14.3 Å². The van der Waals surface area contributed by atoms with Crippen molar-refractivity contribution in [1.82, 2.24) is 15.1 Å². The third-order valence-electron chi connectivity index (χ3n) is 4.23. The van der Waals surface area contributed by atoms with Gasteiger partial charge >= 0.3 is 0 Å². The molecule has 3 heterocycles. The number of aryl methyl sites for hydroxylation is 2. The summed E-state index contributed by atoms with van der Waals surface area (Å²) in [6.45, 7) is 7.61. The van der Waals surface area contributed by atoms with E-state index in [0.29, 0.717) is 45.0 Å². The lowest BCUT2D eigenvalue weighted by atomic mass is 10.0. The van der Waals surface area contributed by atoms with Crippen LogP contribution >= 0.6 is 0 Å². The summed E-state index contributed by atoms with van der Waals surface area (Å²) in [6, 6.07) is 7.15. The lowest BCUT2D eigenvalue weighted by Gasteiger charge is -2.09. The monoisotopic (exact) mass is 350 g/mol. The maximum absolute atomic E-state index is 12.9. The van der Waals surface area contributed by atoms with Crippen molar-refractivity contribution in [3.05, 3.63) is 47.1 Å². The molecule has 0 unspecified atom stereocenters. The van der Waals surface area contributed by atoms with Gasteiger partial charge in [0.05, 0.1) is 16.6 Å². The zero-order valence-electron chi connectivity index (χ0n) is 15.0. The number of benzene rings is 1. The largest absolute Gasteiger partial charge is 0.441 e. The number of carbonyl (C=O) groups excluding carboxylic acids is 1. The Hall–Kier alpha value is -3.22. The summed E-state index contributed by atoms with van der Waals surface area (Å²) in [4.78, 5) is 21.7. The smallest absolute Gasteiger partial charge is 0.259 e. The van der Waals surface area contributed by atoms with Crippen molar-refractivity contribution in [1.29, 1.82) is 0 Å². The SMILES string of the molecule is Cc1nc2cc(NC(=O)c3cc(C(C)C)nc4onc(C)c34)ccc2o1. The van der Waals surface area contributed by atoms with Crippen LogP contribution in [0.3, 0.4) is 0 Å². The van der Waals surface area contributed by atoms with Gasteiger partial charge in [0.15, 0.2) is 11.5 Å². The zero-order valence-corrected chi connectivity index (χ0v) is 15.0. The van der Waals surface area contributed by atoms with Gasteiger partial charge in [-0.2, -0.15) is 0 Å². The number of pyridine rings is 1. The molecule has 0 atom stereocenters. The van der Waals surface area contributed by atoms with E-state index in [1.54, 1.807) is 38.1 Å². The molecule has 0 bridgehead atoms. The van der Waals surface area contributed by atoms with Crippen LogP contribution in [-0.4, -0.2) is 21.0 Å². The number of hydrogen-bond donors (Lipinski definition) is 1. The summed E-state index contributed by atoms with van der Waals surface area (Å²) in [5.74, 6) is 0.497. The van der Waals surface area contributed by atoms with E-state index < -0.39 is 0 Å². The first-order chi connectivity index (χ1) is 12.4. The number of amides is 1.